The highest BCUT2D eigenvalue weighted by molar-refractivity contribution is 5.87. The van der Waals surface area contributed by atoms with Crippen LogP contribution in [-0.4, -0.2) is 5.97 Å². The van der Waals surface area contributed by atoms with E-state index in [1.807, 2.05) is 0 Å². The minimum atomic E-state index is -0.252. The van der Waals surface area contributed by atoms with Crippen molar-refractivity contribution < 1.29 is 9.53 Å². The summed E-state index contributed by atoms with van der Waals surface area (Å²) in [6.45, 7) is 5.44. The molecule has 2 aliphatic rings. The smallest absolute Gasteiger partial charge is 0.333 e. The molecular formula is C18H22O2. The van der Waals surface area contributed by atoms with Crippen molar-refractivity contribution in [3.63, 3.8) is 0 Å². The van der Waals surface area contributed by atoms with E-state index >= 15 is 0 Å². The van der Waals surface area contributed by atoms with Gasteiger partial charge in [-0.25, -0.2) is 4.79 Å². The second kappa shape index (κ2) is 5.08. The third-order valence-electron chi connectivity index (χ3n) is 4.94. The van der Waals surface area contributed by atoms with Gasteiger partial charge in [0.25, 0.3) is 0 Å². The molecule has 0 N–H and O–H groups in total. The molecule has 2 nitrogen and oxygen atoms in total. The van der Waals surface area contributed by atoms with E-state index in [0.717, 1.165) is 12.8 Å². The second-order valence-electron chi connectivity index (χ2n) is 6.33. The summed E-state index contributed by atoms with van der Waals surface area (Å²) in [5.74, 6) is -0.252. The fraction of sp³-hybridized carbons (Fsp3) is 0.500. The number of rotatable bonds is 2. The molecule has 1 aromatic carbocycles. The van der Waals surface area contributed by atoms with E-state index < -0.39 is 0 Å². The van der Waals surface area contributed by atoms with Crippen LogP contribution in [0.1, 0.15) is 56.3 Å². The molecule has 1 fully saturated rings. The van der Waals surface area contributed by atoms with Gasteiger partial charge >= 0.3 is 5.97 Å². The predicted molar refractivity (Wildman–Crippen MR) is 79.3 cm³/mol. The normalized spacial score (nSPS) is 23.4. The summed E-state index contributed by atoms with van der Waals surface area (Å²) in [6.07, 6.45) is 6.97. The molecule has 106 valence electrons. The van der Waals surface area contributed by atoms with Crippen LogP contribution < -0.4 is 0 Å². The largest absolute Gasteiger partial charge is 0.454 e. The first kappa shape index (κ1) is 13.4. The van der Waals surface area contributed by atoms with Gasteiger partial charge < -0.3 is 4.74 Å². The van der Waals surface area contributed by atoms with Gasteiger partial charge in [-0.15, -0.1) is 0 Å². The predicted octanol–water partition coefficient (Wildman–Crippen LogP) is 4.35. The fourth-order valence-corrected chi connectivity index (χ4v) is 3.65. The standard InChI is InChI=1S/C18H22O2/c1-13(2)17(19)20-16-15-9-4-3-7-14(15)8-5-10-18(16)11-6-12-18/h3-4,7,9,16H,1,5-6,8,10-12H2,2H3. The first-order chi connectivity index (χ1) is 9.62. The quantitative estimate of drug-likeness (QED) is 0.590. The number of carbonyl (C=O) groups excluding carboxylic acids is 1. The molecule has 1 unspecified atom stereocenters. The number of esters is 1. The molecule has 2 heteroatoms. The van der Waals surface area contributed by atoms with Crippen molar-refractivity contribution in [1.29, 1.82) is 0 Å². The molecule has 1 aromatic rings. The lowest BCUT2D eigenvalue weighted by molar-refractivity contribution is -0.158. The maximum Gasteiger partial charge on any atom is 0.333 e. The molecule has 0 heterocycles. The van der Waals surface area contributed by atoms with Crippen molar-refractivity contribution in [1.82, 2.24) is 0 Å². The number of carbonyl (C=O) groups is 1. The molecule has 0 saturated heterocycles. The second-order valence-corrected chi connectivity index (χ2v) is 6.33. The van der Waals surface area contributed by atoms with Gasteiger partial charge in [-0.3, -0.25) is 0 Å². The van der Waals surface area contributed by atoms with Gasteiger partial charge in [0.15, 0.2) is 0 Å². The molecular weight excluding hydrogens is 248 g/mol. The van der Waals surface area contributed by atoms with Gasteiger partial charge in [0.05, 0.1) is 0 Å². The maximum absolute atomic E-state index is 12.0. The highest BCUT2D eigenvalue weighted by atomic mass is 16.5. The Morgan fingerprint density at radius 2 is 1.95 bits per heavy atom. The Kier molecular flexibility index (Phi) is 3.41. The van der Waals surface area contributed by atoms with Crippen molar-refractivity contribution >= 4 is 5.97 Å². The maximum atomic E-state index is 12.0. The first-order valence-corrected chi connectivity index (χ1v) is 7.57. The summed E-state index contributed by atoms with van der Waals surface area (Å²) in [6, 6.07) is 8.44. The highest BCUT2D eigenvalue weighted by Gasteiger charge is 2.48. The summed E-state index contributed by atoms with van der Waals surface area (Å²) in [5.41, 5.74) is 3.23. The third kappa shape index (κ3) is 2.17. The SMILES string of the molecule is C=C(C)C(=O)OC1c2ccccc2CCCC12CCC2. The summed E-state index contributed by atoms with van der Waals surface area (Å²) < 4.78 is 5.88. The topological polar surface area (TPSA) is 26.3 Å². The molecule has 1 atom stereocenters. The van der Waals surface area contributed by atoms with Crippen LogP contribution >= 0.6 is 0 Å². The van der Waals surface area contributed by atoms with E-state index in [1.54, 1.807) is 6.92 Å². The van der Waals surface area contributed by atoms with Crippen molar-refractivity contribution in [3.8, 4) is 0 Å². The van der Waals surface area contributed by atoms with E-state index in [1.165, 1.54) is 36.8 Å². The van der Waals surface area contributed by atoms with Crippen molar-refractivity contribution in [3.05, 3.63) is 47.5 Å². The summed E-state index contributed by atoms with van der Waals surface area (Å²) in [7, 11) is 0. The average molecular weight is 270 g/mol. The van der Waals surface area contributed by atoms with Gasteiger partial charge in [0.2, 0.25) is 0 Å². The van der Waals surface area contributed by atoms with Gasteiger partial charge in [0.1, 0.15) is 6.10 Å². The lowest BCUT2D eigenvalue weighted by atomic mass is 9.62. The van der Waals surface area contributed by atoms with Crippen LogP contribution in [0.25, 0.3) is 0 Å². The lowest BCUT2D eigenvalue weighted by Gasteiger charge is -2.46. The van der Waals surface area contributed by atoms with Gasteiger partial charge in [-0.05, 0) is 50.2 Å². The van der Waals surface area contributed by atoms with E-state index in [9.17, 15) is 4.79 Å². The van der Waals surface area contributed by atoms with E-state index in [-0.39, 0.29) is 17.5 Å². The van der Waals surface area contributed by atoms with Gasteiger partial charge in [-0.2, -0.15) is 0 Å². The molecule has 0 aromatic heterocycles. The van der Waals surface area contributed by atoms with E-state index in [0.29, 0.717) is 5.57 Å². The van der Waals surface area contributed by atoms with Crippen LogP contribution in [0.4, 0.5) is 0 Å². The van der Waals surface area contributed by atoms with Crippen molar-refractivity contribution in [2.24, 2.45) is 5.41 Å². The molecule has 1 saturated carbocycles. The van der Waals surface area contributed by atoms with E-state index in [4.69, 9.17) is 4.74 Å². The Labute approximate surface area is 120 Å². The summed E-state index contributed by atoms with van der Waals surface area (Å²) in [5, 5.41) is 0. The Hall–Kier alpha value is -1.57. The highest BCUT2D eigenvalue weighted by Crippen LogP contribution is 2.57. The lowest BCUT2D eigenvalue weighted by Crippen LogP contribution is -2.38. The number of hydrogen-bond acceptors (Lipinski definition) is 2. The fourth-order valence-electron chi connectivity index (χ4n) is 3.65. The molecule has 0 bridgehead atoms. The molecule has 0 radical (unpaired) electrons. The number of hydrogen-bond donors (Lipinski definition) is 0. The zero-order valence-electron chi connectivity index (χ0n) is 12.2. The molecule has 20 heavy (non-hydrogen) atoms. The number of benzene rings is 1. The number of fused-ring (bicyclic) bond motifs is 1. The van der Waals surface area contributed by atoms with Crippen molar-refractivity contribution in [2.75, 3.05) is 0 Å². The summed E-state index contributed by atoms with van der Waals surface area (Å²) in [4.78, 5) is 12.0. The minimum absolute atomic E-state index is 0.0841. The number of ether oxygens (including phenoxy) is 1. The zero-order chi connectivity index (χ0) is 14.2. The van der Waals surface area contributed by atoms with Crippen molar-refractivity contribution in [2.45, 2.75) is 51.6 Å². The molecule has 1 spiro atoms. The Bertz CT molecular complexity index is 540. The monoisotopic (exact) mass is 270 g/mol. The molecule has 0 amide bonds. The molecule has 2 aliphatic carbocycles. The Morgan fingerprint density at radius 3 is 2.60 bits per heavy atom. The number of aryl methyl sites for hydroxylation is 1. The molecule has 3 rings (SSSR count). The Morgan fingerprint density at radius 1 is 1.25 bits per heavy atom. The van der Waals surface area contributed by atoms with Crippen LogP contribution in [0, 0.1) is 5.41 Å². The van der Waals surface area contributed by atoms with Gasteiger partial charge in [-0.1, -0.05) is 37.3 Å². The van der Waals surface area contributed by atoms with E-state index in [2.05, 4.69) is 30.8 Å². The van der Waals surface area contributed by atoms with Gasteiger partial charge in [0, 0.05) is 11.0 Å². The van der Waals surface area contributed by atoms with Crippen LogP contribution in [0.5, 0.6) is 0 Å². The zero-order valence-corrected chi connectivity index (χ0v) is 12.2. The van der Waals surface area contributed by atoms with Crippen LogP contribution in [-0.2, 0) is 16.0 Å². The molecule has 0 aliphatic heterocycles. The first-order valence-electron chi connectivity index (χ1n) is 7.57. The third-order valence-corrected chi connectivity index (χ3v) is 4.94. The Balaban J connectivity index is 1.99. The van der Waals surface area contributed by atoms with Crippen LogP contribution in [0.15, 0.2) is 36.4 Å². The average Bonchev–Trinajstić information content (AvgIpc) is 2.55. The van der Waals surface area contributed by atoms with Crippen LogP contribution in [0.3, 0.4) is 0 Å². The minimum Gasteiger partial charge on any atom is -0.454 e. The summed E-state index contributed by atoms with van der Waals surface area (Å²) >= 11 is 0. The van der Waals surface area contributed by atoms with Crippen LogP contribution in [0.2, 0.25) is 0 Å².